The minimum atomic E-state index is 0.427. The zero-order valence-corrected chi connectivity index (χ0v) is 80.7. The number of nitrogens with zero attached hydrogens (tertiary/aromatic N) is 11. The van der Waals surface area contributed by atoms with E-state index in [-0.39, 0.29) is 0 Å². The third-order valence-corrected chi connectivity index (χ3v) is 29.9. The fraction of sp³-hybridized carbons (Fsp3) is 0. The highest BCUT2D eigenvalue weighted by Gasteiger charge is 2.36. The van der Waals surface area contributed by atoms with Crippen molar-refractivity contribution < 1.29 is 8.83 Å². The summed E-state index contributed by atoms with van der Waals surface area (Å²) in [5.74, 6) is 1.86. The first-order valence-corrected chi connectivity index (χ1v) is 50.4. The predicted molar refractivity (Wildman–Crippen MR) is 617 cm³/mol. The number of fused-ring (bicyclic) bond motifs is 24. The maximum absolute atomic E-state index is 12.3. The largest absolute Gasteiger partial charge is 0.456 e. The first-order valence-electron chi connectivity index (χ1n) is 50.4. The van der Waals surface area contributed by atoms with Gasteiger partial charge in [-0.05, 0) is 184 Å². The van der Waals surface area contributed by atoms with Crippen LogP contribution in [0.4, 0.5) is 5.69 Å². The fourth-order valence-electron chi connectivity index (χ4n) is 23.3. The molecule has 0 amide bonds. The lowest BCUT2D eigenvalue weighted by Gasteiger charge is -2.27. The second kappa shape index (κ2) is 35.1. The predicted octanol–water partition coefficient (Wildman–Crippen LogP) is 36.1. The summed E-state index contributed by atoms with van der Waals surface area (Å²) in [6, 6.07) is 178. The van der Waals surface area contributed by atoms with Gasteiger partial charge >= 0.3 is 0 Å². The monoisotopic (exact) mass is 1910 g/mol. The lowest BCUT2D eigenvalue weighted by Crippen LogP contribution is -2.14. The first kappa shape index (κ1) is 86.0. The molecule has 0 bridgehead atoms. The number of benzene rings is 22. The van der Waals surface area contributed by atoms with E-state index < -0.39 is 0 Å². The zero-order chi connectivity index (χ0) is 99.1. The minimum absolute atomic E-state index is 0.427. The molecular formula is C137H83N11O2. The molecule has 13 nitrogen and oxygen atoms in total. The van der Waals surface area contributed by atoms with Gasteiger partial charge in [-0.3, -0.25) is 4.57 Å². The van der Waals surface area contributed by atoms with Gasteiger partial charge in [0.2, 0.25) is 11.6 Å². The van der Waals surface area contributed by atoms with E-state index in [2.05, 4.69) is 452 Å². The van der Waals surface area contributed by atoms with Crippen LogP contribution in [0, 0.1) is 17.9 Å². The molecule has 22 aromatic carbocycles. The lowest BCUT2D eigenvalue weighted by atomic mass is 9.95. The van der Waals surface area contributed by atoms with E-state index in [1.54, 1.807) is 0 Å². The SMILES string of the molecule is [C-]#[N+]c1c(-n2c3ccccc3c3ccccc32)c(-n2c3ccccc3c3ccccc32)c(C#N)c(-n2c3ccccc3c3ccccc32)c1-n1c2ccccc2c2ccccc21.c1cc(-c2cccc(-c3ccc4oc5ccccc5c4c3)c2)cc(-c2ccc3oc4ccccc4c3c2)c1.c1ccc(-c2nc(-c3ccccc3)nc(-n3c4ccccc4c4c(-c5ccc6c(c5)c5ccccc5n6-c5ccccc5)cccc43)n2)cc1. The van der Waals surface area contributed by atoms with E-state index in [0.29, 0.717) is 51.6 Å². The van der Waals surface area contributed by atoms with Gasteiger partial charge in [0.1, 0.15) is 34.0 Å². The quantitative estimate of drug-likeness (QED) is 0.112. The maximum atomic E-state index is 12.3. The molecule has 0 radical (unpaired) electrons. The molecule has 698 valence electrons. The third kappa shape index (κ3) is 13.7. The number of hydrogen-bond donors (Lipinski definition) is 0. The van der Waals surface area contributed by atoms with Gasteiger partial charge in [0.15, 0.2) is 11.6 Å². The van der Waals surface area contributed by atoms with Crippen LogP contribution < -0.4 is 0 Å². The van der Waals surface area contributed by atoms with E-state index in [1.807, 2.05) is 84.9 Å². The minimum Gasteiger partial charge on any atom is -0.456 e. The van der Waals surface area contributed by atoms with Crippen LogP contribution in [0.25, 0.3) is 281 Å². The maximum Gasteiger partial charge on any atom is 0.238 e. The van der Waals surface area contributed by atoms with Gasteiger partial charge < -0.3 is 31.7 Å². The standard InChI is InChI=1S/C56H32N6.C45H29N5.C36H22O2/c1-58-52-55(61-48-30-14-6-22-39(48)40-23-7-15-31-49(40)61)53(59-44-26-10-2-18-35(44)36-19-3-11-27-45(36)59)43(34-57)54(60-46-28-12-4-20-37(46)38-21-5-13-29-47(38)60)56(52)62-50-32-16-8-24-41(50)42-25-9-17-33-51(42)62;1-4-15-30(16-5-1)43-46-44(31-17-6-2-7-18-31)48-45(47-43)50-39-25-13-11-22-36(39)42-34(23-14-26-41(42)50)32-27-28-40-37(29-32)35-21-10-12-24-38(35)49(40)33-19-8-3-9-20-33;1-3-13-33-29(11-1)31-21-27(15-17-35(31)37-33)25-9-5-7-23(19-25)24-8-6-10-26(20-24)28-16-18-36-32(22-28)30-12-2-4-14-34(30)38-36/h2-33H;1-29H;1-22H. The van der Waals surface area contributed by atoms with Crippen molar-refractivity contribution in [3.8, 4) is 108 Å². The summed E-state index contributed by atoms with van der Waals surface area (Å²) < 4.78 is 25.6. The van der Waals surface area contributed by atoms with E-state index in [1.165, 1.54) is 55.2 Å². The average Bonchev–Trinajstić information content (AvgIpc) is 1.51. The van der Waals surface area contributed by atoms with Crippen molar-refractivity contribution in [1.29, 1.82) is 5.26 Å². The molecule has 0 N–H and O–H groups in total. The molecule has 0 aliphatic rings. The highest BCUT2D eigenvalue weighted by Crippen LogP contribution is 2.54. The number of para-hydroxylation sites is 13. The summed E-state index contributed by atoms with van der Waals surface area (Å²) in [4.78, 5) is 19.9. The Kier molecular flexibility index (Phi) is 20.1. The van der Waals surface area contributed by atoms with Crippen molar-refractivity contribution in [2.24, 2.45) is 0 Å². The van der Waals surface area contributed by atoms with Crippen LogP contribution in [-0.4, -0.2) is 42.4 Å². The van der Waals surface area contributed by atoms with Crippen molar-refractivity contribution in [3.05, 3.63) is 520 Å². The smallest absolute Gasteiger partial charge is 0.238 e. The second-order valence-electron chi connectivity index (χ2n) is 38.1. The van der Waals surface area contributed by atoms with Crippen LogP contribution in [0.1, 0.15) is 5.56 Å². The summed E-state index contributed by atoms with van der Waals surface area (Å²) >= 11 is 0. The topological polar surface area (TPSA) is 123 Å². The van der Waals surface area contributed by atoms with Crippen LogP contribution in [0.2, 0.25) is 0 Å². The van der Waals surface area contributed by atoms with Gasteiger partial charge in [0.25, 0.3) is 0 Å². The number of aromatic nitrogens is 9. The van der Waals surface area contributed by atoms with Gasteiger partial charge in [-0.2, -0.15) is 15.2 Å². The molecule has 0 saturated carbocycles. The van der Waals surface area contributed by atoms with Crippen molar-refractivity contribution >= 4 is 180 Å². The van der Waals surface area contributed by atoms with E-state index in [9.17, 15) is 11.8 Å². The summed E-state index contributed by atoms with van der Waals surface area (Å²) in [6.07, 6.45) is 0. The Morgan fingerprint density at radius 3 is 0.873 bits per heavy atom. The van der Waals surface area contributed by atoms with Gasteiger partial charge in [-0.15, -0.1) is 0 Å². The number of rotatable bonds is 12. The Labute approximate surface area is 859 Å². The summed E-state index contributed by atoms with van der Waals surface area (Å²) in [5, 5.41) is 30.1. The number of hydrogen-bond acceptors (Lipinski definition) is 6. The molecule has 150 heavy (non-hydrogen) atoms. The Balaban J connectivity index is 0.000000109. The van der Waals surface area contributed by atoms with Crippen molar-refractivity contribution in [3.63, 3.8) is 0 Å². The van der Waals surface area contributed by atoms with Crippen LogP contribution >= 0.6 is 0 Å². The number of nitriles is 1. The van der Waals surface area contributed by atoms with E-state index in [4.69, 9.17) is 28.6 Å². The van der Waals surface area contributed by atoms with Crippen LogP contribution in [0.5, 0.6) is 0 Å². The van der Waals surface area contributed by atoms with Crippen molar-refractivity contribution in [2.75, 3.05) is 0 Å². The van der Waals surface area contributed by atoms with Gasteiger partial charge in [-0.25, -0.2) is 9.83 Å². The average molecular weight is 1920 g/mol. The molecular weight excluding hydrogens is 1830 g/mol. The zero-order valence-electron chi connectivity index (χ0n) is 80.7. The van der Waals surface area contributed by atoms with Gasteiger partial charge in [0, 0.05) is 103 Å². The van der Waals surface area contributed by atoms with Crippen molar-refractivity contribution in [1.82, 2.24) is 42.4 Å². The Morgan fingerprint density at radius 1 is 0.207 bits per heavy atom. The Morgan fingerprint density at radius 2 is 0.487 bits per heavy atom. The first-order chi connectivity index (χ1) is 74.4. The molecule has 0 fully saturated rings. The van der Waals surface area contributed by atoms with Crippen LogP contribution in [-0.2, 0) is 0 Å². The molecule has 0 spiro atoms. The molecule has 0 aliphatic carbocycles. The molecule has 0 unspecified atom stereocenters. The van der Waals surface area contributed by atoms with E-state index >= 15 is 0 Å². The fourth-order valence-corrected chi connectivity index (χ4v) is 23.3. The Bertz CT molecular complexity index is 10100. The normalized spacial score (nSPS) is 11.7. The van der Waals surface area contributed by atoms with Crippen LogP contribution in [0.15, 0.2) is 512 Å². The van der Waals surface area contributed by atoms with Crippen molar-refractivity contribution in [2.45, 2.75) is 0 Å². The molecule has 0 atom stereocenters. The summed E-state index contributed by atoms with van der Waals surface area (Å²) in [5.41, 5.74) is 31.6. The summed E-state index contributed by atoms with van der Waals surface area (Å²) in [7, 11) is 0. The van der Waals surface area contributed by atoms with Crippen LogP contribution in [0.3, 0.4) is 0 Å². The number of furan rings is 2. The van der Waals surface area contributed by atoms with E-state index in [0.717, 1.165) is 181 Å². The molecule has 0 saturated heterocycles. The third-order valence-electron chi connectivity index (χ3n) is 29.9. The summed E-state index contributed by atoms with van der Waals surface area (Å²) in [6.45, 7) is 9.58. The lowest BCUT2D eigenvalue weighted by molar-refractivity contribution is 0.668. The van der Waals surface area contributed by atoms with Gasteiger partial charge in [-0.1, -0.05) is 364 Å². The Hall–Kier alpha value is -20.8. The molecule has 9 heterocycles. The highest BCUT2D eigenvalue weighted by atomic mass is 16.3. The highest BCUT2D eigenvalue weighted by molar-refractivity contribution is 6.21. The molecule has 13 heteroatoms. The molecule has 31 rings (SSSR count). The molecule has 31 aromatic rings. The van der Waals surface area contributed by atoms with Gasteiger partial charge in [0.05, 0.1) is 95.5 Å². The molecule has 9 aromatic heterocycles. The molecule has 0 aliphatic heterocycles. The second-order valence-corrected chi connectivity index (χ2v) is 38.1.